The molecule has 25 heavy (non-hydrogen) atoms. The first-order chi connectivity index (χ1) is 12.2. The summed E-state index contributed by atoms with van der Waals surface area (Å²) in [6, 6.07) is 27.1. The van der Waals surface area contributed by atoms with Gasteiger partial charge in [-0.15, -0.1) is 0 Å². The van der Waals surface area contributed by atoms with E-state index >= 15 is 0 Å². The van der Waals surface area contributed by atoms with Crippen molar-refractivity contribution in [2.75, 3.05) is 7.11 Å². The lowest BCUT2D eigenvalue weighted by atomic mass is 9.98. The van der Waals surface area contributed by atoms with Crippen LogP contribution in [0.15, 0.2) is 78.9 Å². The largest absolute Gasteiger partial charge is 0.497 e. The number of nitrogens with zero attached hydrogens (tertiary/aromatic N) is 1. The molecule has 3 aromatic carbocycles. The van der Waals surface area contributed by atoms with Crippen LogP contribution >= 0.6 is 0 Å². The molecule has 4 rings (SSSR count). The van der Waals surface area contributed by atoms with Crippen LogP contribution in [0, 0.1) is 6.92 Å². The lowest BCUT2D eigenvalue weighted by Gasteiger charge is -2.12. The molecule has 4 aromatic rings. The fourth-order valence-electron chi connectivity index (χ4n) is 3.14. The number of rotatable bonds is 3. The predicted molar refractivity (Wildman–Crippen MR) is 104 cm³/mol. The molecule has 0 aliphatic heterocycles. The van der Waals surface area contributed by atoms with E-state index in [1.807, 2.05) is 18.2 Å². The molecule has 0 bridgehead atoms. The number of pyridine rings is 1. The number of fused-ring (bicyclic) bond motifs is 1. The Hall–Kier alpha value is -3.13. The van der Waals surface area contributed by atoms with Crippen molar-refractivity contribution in [3.63, 3.8) is 0 Å². The molecule has 0 aliphatic carbocycles. The van der Waals surface area contributed by atoms with Crippen LogP contribution in [0.3, 0.4) is 0 Å². The molecule has 0 spiro atoms. The average molecular weight is 325 g/mol. The first kappa shape index (κ1) is 15.4. The molecule has 122 valence electrons. The van der Waals surface area contributed by atoms with E-state index in [2.05, 4.69) is 67.6 Å². The van der Waals surface area contributed by atoms with Gasteiger partial charge in [-0.2, -0.15) is 0 Å². The highest BCUT2D eigenvalue weighted by atomic mass is 16.5. The van der Waals surface area contributed by atoms with Crippen molar-refractivity contribution in [1.29, 1.82) is 0 Å². The van der Waals surface area contributed by atoms with E-state index in [9.17, 15) is 0 Å². The molecule has 2 nitrogen and oxygen atoms in total. The smallest absolute Gasteiger partial charge is 0.119 e. The number of methoxy groups -OCH3 is 1. The Balaban J connectivity index is 2.01. The minimum Gasteiger partial charge on any atom is -0.497 e. The molecule has 0 saturated carbocycles. The summed E-state index contributed by atoms with van der Waals surface area (Å²) < 4.78 is 5.42. The zero-order chi connectivity index (χ0) is 17.2. The maximum absolute atomic E-state index is 5.42. The Morgan fingerprint density at radius 3 is 2.32 bits per heavy atom. The van der Waals surface area contributed by atoms with Gasteiger partial charge in [-0.25, -0.2) is 4.98 Å². The summed E-state index contributed by atoms with van der Waals surface area (Å²) in [5.41, 5.74) is 6.67. The summed E-state index contributed by atoms with van der Waals surface area (Å²) in [6.45, 7) is 2.10. The number of ether oxygens (including phenoxy) is 1. The van der Waals surface area contributed by atoms with Crippen molar-refractivity contribution in [2.45, 2.75) is 6.92 Å². The predicted octanol–water partition coefficient (Wildman–Crippen LogP) is 5.89. The second kappa shape index (κ2) is 6.40. The molecule has 0 amide bonds. The molecule has 0 atom stereocenters. The van der Waals surface area contributed by atoms with Crippen LogP contribution in [0.1, 0.15) is 5.56 Å². The van der Waals surface area contributed by atoms with E-state index in [0.717, 1.165) is 27.9 Å². The van der Waals surface area contributed by atoms with Crippen molar-refractivity contribution >= 4 is 10.9 Å². The third-order valence-corrected chi connectivity index (χ3v) is 4.41. The first-order valence-corrected chi connectivity index (χ1v) is 8.36. The quantitative estimate of drug-likeness (QED) is 0.469. The minimum absolute atomic E-state index is 0.842. The van der Waals surface area contributed by atoms with Crippen LogP contribution in [0.5, 0.6) is 5.75 Å². The van der Waals surface area contributed by atoms with E-state index in [-0.39, 0.29) is 0 Å². The summed E-state index contributed by atoms with van der Waals surface area (Å²) in [5, 5.41) is 1.10. The Bertz CT molecular complexity index is 1040. The Kier molecular flexibility index (Phi) is 3.95. The Morgan fingerprint density at radius 1 is 0.760 bits per heavy atom. The number of hydrogen-bond acceptors (Lipinski definition) is 2. The van der Waals surface area contributed by atoms with Crippen molar-refractivity contribution in [3.8, 4) is 28.1 Å². The summed E-state index contributed by atoms with van der Waals surface area (Å²) >= 11 is 0. The Labute approximate surface area is 147 Å². The highest BCUT2D eigenvalue weighted by Gasteiger charge is 2.10. The second-order valence-electron chi connectivity index (χ2n) is 6.17. The van der Waals surface area contributed by atoms with Gasteiger partial charge in [-0.3, -0.25) is 0 Å². The zero-order valence-electron chi connectivity index (χ0n) is 14.4. The van der Waals surface area contributed by atoms with Gasteiger partial charge in [0.15, 0.2) is 0 Å². The summed E-state index contributed by atoms with van der Waals surface area (Å²) in [4.78, 5) is 4.89. The van der Waals surface area contributed by atoms with E-state index in [4.69, 9.17) is 9.72 Å². The molecule has 2 heteroatoms. The van der Waals surface area contributed by atoms with E-state index in [1.165, 1.54) is 16.7 Å². The van der Waals surface area contributed by atoms with Crippen molar-refractivity contribution in [3.05, 3.63) is 84.4 Å². The highest BCUT2D eigenvalue weighted by Crippen LogP contribution is 2.34. The molecular formula is C23H19NO. The summed E-state index contributed by atoms with van der Waals surface area (Å²) in [5.74, 6) is 0.842. The van der Waals surface area contributed by atoms with E-state index in [0.29, 0.717) is 0 Å². The Morgan fingerprint density at radius 2 is 1.56 bits per heavy atom. The van der Waals surface area contributed by atoms with Gasteiger partial charge >= 0.3 is 0 Å². The lowest BCUT2D eigenvalue weighted by molar-refractivity contribution is 0.415. The molecule has 0 saturated heterocycles. The third kappa shape index (κ3) is 2.99. The first-order valence-electron chi connectivity index (χ1n) is 8.36. The molecule has 0 unspecified atom stereocenters. The van der Waals surface area contributed by atoms with Crippen LogP contribution in [0.2, 0.25) is 0 Å². The van der Waals surface area contributed by atoms with Gasteiger partial charge in [0.05, 0.1) is 18.3 Å². The number of aromatic nitrogens is 1. The van der Waals surface area contributed by atoms with Crippen LogP contribution in [0.4, 0.5) is 0 Å². The molecule has 1 heterocycles. The fourth-order valence-corrected chi connectivity index (χ4v) is 3.14. The van der Waals surface area contributed by atoms with Crippen LogP contribution in [0.25, 0.3) is 33.3 Å². The molecule has 0 fully saturated rings. The lowest BCUT2D eigenvalue weighted by Crippen LogP contribution is -1.91. The monoisotopic (exact) mass is 325 g/mol. The SMILES string of the molecule is COc1ccc2nc(-c3cccc(C)c3)cc(-c3ccccc3)c2c1. The maximum Gasteiger partial charge on any atom is 0.119 e. The van der Waals surface area contributed by atoms with E-state index < -0.39 is 0 Å². The second-order valence-corrected chi connectivity index (χ2v) is 6.17. The maximum atomic E-state index is 5.42. The van der Waals surface area contributed by atoms with Gasteiger partial charge in [0.2, 0.25) is 0 Å². The highest BCUT2D eigenvalue weighted by molar-refractivity contribution is 5.97. The summed E-state index contributed by atoms with van der Waals surface area (Å²) in [7, 11) is 1.69. The standard InChI is InChI=1S/C23H19NO/c1-16-7-6-10-18(13-16)23-15-20(17-8-4-3-5-9-17)21-14-19(25-2)11-12-22(21)24-23/h3-15H,1-2H3. The van der Waals surface area contributed by atoms with Crippen molar-refractivity contribution in [2.24, 2.45) is 0 Å². The van der Waals surface area contributed by atoms with Crippen LogP contribution in [-0.2, 0) is 0 Å². The molecule has 0 aliphatic rings. The zero-order valence-corrected chi connectivity index (χ0v) is 14.4. The molecule has 0 N–H and O–H groups in total. The summed E-state index contributed by atoms with van der Waals surface area (Å²) in [6.07, 6.45) is 0. The fraction of sp³-hybridized carbons (Fsp3) is 0.0870. The van der Waals surface area contributed by atoms with Crippen molar-refractivity contribution < 1.29 is 4.74 Å². The number of benzene rings is 3. The normalized spacial score (nSPS) is 10.8. The van der Waals surface area contributed by atoms with Crippen LogP contribution in [-0.4, -0.2) is 12.1 Å². The van der Waals surface area contributed by atoms with Crippen LogP contribution < -0.4 is 4.74 Å². The van der Waals surface area contributed by atoms with Gasteiger partial charge in [0.25, 0.3) is 0 Å². The number of hydrogen-bond donors (Lipinski definition) is 0. The number of aryl methyl sites for hydroxylation is 1. The van der Waals surface area contributed by atoms with Gasteiger partial charge in [0.1, 0.15) is 5.75 Å². The molecular weight excluding hydrogens is 306 g/mol. The van der Waals surface area contributed by atoms with Crippen molar-refractivity contribution in [1.82, 2.24) is 4.98 Å². The molecule has 0 radical (unpaired) electrons. The van der Waals surface area contributed by atoms with Gasteiger partial charge < -0.3 is 4.74 Å². The third-order valence-electron chi connectivity index (χ3n) is 4.41. The van der Waals surface area contributed by atoms with Gasteiger partial charge in [0, 0.05) is 10.9 Å². The topological polar surface area (TPSA) is 22.1 Å². The molecule has 1 aromatic heterocycles. The van der Waals surface area contributed by atoms with E-state index in [1.54, 1.807) is 7.11 Å². The minimum atomic E-state index is 0.842. The van der Waals surface area contributed by atoms with Gasteiger partial charge in [-0.1, -0.05) is 54.1 Å². The average Bonchev–Trinajstić information content (AvgIpc) is 2.67. The van der Waals surface area contributed by atoms with Gasteiger partial charge in [-0.05, 0) is 48.4 Å².